The molecule has 3 unspecified atom stereocenters. The summed E-state index contributed by atoms with van der Waals surface area (Å²) >= 11 is 5.19. The van der Waals surface area contributed by atoms with Gasteiger partial charge in [0.2, 0.25) is 11.8 Å². The molecule has 3 fully saturated rings. The molecule has 3 aliphatic rings. The molecule has 0 radical (unpaired) electrons. The molecule has 174 valence electrons. The highest BCUT2D eigenvalue weighted by Gasteiger charge is 2.75. The van der Waals surface area contributed by atoms with Crippen molar-refractivity contribution in [2.45, 2.75) is 66.3 Å². The van der Waals surface area contributed by atoms with E-state index in [1.165, 1.54) is 11.8 Å². The molecule has 0 aliphatic carbocycles. The Labute approximate surface area is 196 Å². The fourth-order valence-electron chi connectivity index (χ4n) is 5.47. The number of aliphatic hydroxyl groups is 1. The van der Waals surface area contributed by atoms with E-state index in [0.717, 1.165) is 19.3 Å². The number of likely N-dealkylation sites (tertiary alicyclic amines) is 1. The molecular formula is C22H33BrN2O5S. The van der Waals surface area contributed by atoms with Crippen LogP contribution in [0, 0.1) is 11.8 Å². The lowest BCUT2D eigenvalue weighted by atomic mass is 9.71. The maximum atomic E-state index is 13.9. The van der Waals surface area contributed by atoms with Gasteiger partial charge in [-0.3, -0.25) is 14.4 Å². The van der Waals surface area contributed by atoms with E-state index in [4.69, 9.17) is 5.11 Å². The van der Waals surface area contributed by atoms with Gasteiger partial charge in [-0.25, -0.2) is 0 Å². The van der Waals surface area contributed by atoms with E-state index in [9.17, 15) is 19.5 Å². The molecule has 6 atom stereocenters. The summed E-state index contributed by atoms with van der Waals surface area (Å²) in [5.41, 5.74) is 0. The molecule has 2 N–H and O–H groups in total. The molecule has 0 saturated carbocycles. The van der Waals surface area contributed by atoms with Crippen LogP contribution >= 0.6 is 27.7 Å². The zero-order chi connectivity index (χ0) is 22.8. The van der Waals surface area contributed by atoms with Crippen molar-refractivity contribution in [3.05, 3.63) is 12.7 Å². The fraction of sp³-hybridized carbons (Fsp3) is 0.773. The minimum absolute atomic E-state index is 0.0317. The number of rotatable bonds is 12. The molecule has 3 heterocycles. The smallest absolute Gasteiger partial charge is 0.308 e. The maximum absolute atomic E-state index is 13.9. The van der Waals surface area contributed by atoms with Crippen molar-refractivity contribution in [3.63, 3.8) is 0 Å². The van der Waals surface area contributed by atoms with Crippen molar-refractivity contribution in [2.75, 3.05) is 26.2 Å². The molecule has 1 spiro atoms. The lowest BCUT2D eigenvalue weighted by Gasteiger charge is -2.37. The number of hydrogen-bond acceptors (Lipinski definition) is 5. The van der Waals surface area contributed by atoms with Crippen molar-refractivity contribution in [1.29, 1.82) is 0 Å². The number of halogens is 1. The number of alkyl halides is 1. The molecular weight excluding hydrogens is 484 g/mol. The van der Waals surface area contributed by atoms with E-state index < -0.39 is 28.6 Å². The van der Waals surface area contributed by atoms with Gasteiger partial charge in [0.15, 0.2) is 0 Å². The number of nitrogens with zero attached hydrogens (tertiary/aromatic N) is 2. The first kappa shape index (κ1) is 24.6. The largest absolute Gasteiger partial charge is 0.481 e. The number of carbonyl (C=O) groups excluding carboxylic acids is 2. The predicted molar refractivity (Wildman–Crippen MR) is 124 cm³/mol. The Hall–Kier alpha value is -1.06. The van der Waals surface area contributed by atoms with E-state index in [-0.39, 0.29) is 28.5 Å². The Morgan fingerprint density at radius 3 is 2.71 bits per heavy atom. The van der Waals surface area contributed by atoms with Crippen LogP contribution < -0.4 is 0 Å². The van der Waals surface area contributed by atoms with Gasteiger partial charge in [-0.15, -0.1) is 18.3 Å². The van der Waals surface area contributed by atoms with Crippen molar-refractivity contribution >= 4 is 45.5 Å². The number of carboxylic acid groups (broad SMARTS) is 1. The second-order valence-electron chi connectivity index (χ2n) is 8.74. The van der Waals surface area contributed by atoms with Crippen LogP contribution in [-0.2, 0) is 14.4 Å². The van der Waals surface area contributed by atoms with E-state index in [2.05, 4.69) is 29.4 Å². The number of aliphatic hydroxyl groups excluding tert-OH is 1. The number of amides is 2. The van der Waals surface area contributed by atoms with Gasteiger partial charge >= 0.3 is 5.97 Å². The number of carbonyl (C=O) groups is 3. The summed E-state index contributed by atoms with van der Waals surface area (Å²) in [7, 11) is 0. The van der Waals surface area contributed by atoms with Crippen LogP contribution in [0.3, 0.4) is 0 Å². The number of hydrogen-bond donors (Lipinski definition) is 2. The van der Waals surface area contributed by atoms with Crippen LogP contribution in [0.1, 0.15) is 45.4 Å². The highest BCUT2D eigenvalue weighted by Crippen LogP contribution is 2.67. The molecule has 31 heavy (non-hydrogen) atoms. The summed E-state index contributed by atoms with van der Waals surface area (Å²) in [5, 5.41) is 18.8. The zero-order valence-electron chi connectivity index (χ0n) is 18.0. The Morgan fingerprint density at radius 2 is 2.10 bits per heavy atom. The van der Waals surface area contributed by atoms with Gasteiger partial charge in [0, 0.05) is 36.3 Å². The molecule has 2 bridgehead atoms. The average Bonchev–Trinajstić information content (AvgIpc) is 3.32. The van der Waals surface area contributed by atoms with Gasteiger partial charge in [-0.2, -0.15) is 0 Å². The van der Waals surface area contributed by atoms with E-state index in [1.54, 1.807) is 15.9 Å². The number of aliphatic carboxylic acids is 1. The molecule has 2 amide bonds. The van der Waals surface area contributed by atoms with Crippen LogP contribution in [0.4, 0.5) is 0 Å². The van der Waals surface area contributed by atoms with Crippen molar-refractivity contribution in [1.82, 2.24) is 9.80 Å². The van der Waals surface area contributed by atoms with Crippen LogP contribution in [0.5, 0.6) is 0 Å². The first-order chi connectivity index (χ1) is 14.8. The summed E-state index contributed by atoms with van der Waals surface area (Å²) in [6.07, 6.45) is 6.21. The minimum atomic E-state index is -0.955. The summed E-state index contributed by atoms with van der Waals surface area (Å²) in [6.45, 7) is 7.38. The Balaban J connectivity index is 1.96. The summed E-state index contributed by atoms with van der Waals surface area (Å²) in [4.78, 5) is 43.0. The summed E-state index contributed by atoms with van der Waals surface area (Å²) < 4.78 is -0.710. The molecule has 0 aromatic carbocycles. The first-order valence-electron chi connectivity index (χ1n) is 11.2. The van der Waals surface area contributed by atoms with E-state index in [1.807, 2.05) is 0 Å². The Morgan fingerprint density at radius 1 is 1.35 bits per heavy atom. The summed E-state index contributed by atoms with van der Waals surface area (Å²) in [6, 6.07) is -0.657. The number of unbranched alkanes of at least 4 members (excludes halogenated alkanes) is 3. The number of fused-ring (bicyclic) bond motifs is 1. The van der Waals surface area contributed by atoms with E-state index >= 15 is 0 Å². The fourth-order valence-corrected chi connectivity index (χ4v) is 9.07. The second kappa shape index (κ2) is 10.3. The van der Waals surface area contributed by atoms with Crippen LogP contribution in [0.2, 0.25) is 0 Å². The van der Waals surface area contributed by atoms with Crippen molar-refractivity contribution in [3.8, 4) is 0 Å². The van der Waals surface area contributed by atoms with Gasteiger partial charge in [0.05, 0.1) is 16.6 Å². The highest BCUT2D eigenvalue weighted by atomic mass is 79.9. The predicted octanol–water partition coefficient (Wildman–Crippen LogP) is 2.51. The standard InChI is InChI=1S/C22H33BrN2O5S/c1-3-5-10-24(9-4-2)20(28)18-22-13-14(23)17(31-22)15(21(29)30)16(22)19(27)25(18)11-7-6-8-12-26/h4,14-18,26H,2-3,5-13H2,1H3,(H,29,30)/t14?,15-,16+,17-,18?,22?/m1/s1. The molecule has 9 heteroatoms. The number of carboxylic acids is 1. The SMILES string of the molecule is C=CCN(CCCC)C(=O)C1N(CCCCCO)C(=O)[C@@H]2[C@@H](C(=O)O)[C@@H]3SC12CC3Br. The zero-order valence-corrected chi connectivity index (χ0v) is 20.4. The molecule has 7 nitrogen and oxygen atoms in total. The topological polar surface area (TPSA) is 98.2 Å². The van der Waals surface area contributed by atoms with Gasteiger partial charge < -0.3 is 20.0 Å². The Kier molecular flexibility index (Phi) is 8.13. The molecule has 0 aromatic rings. The molecule has 3 saturated heterocycles. The third kappa shape index (κ3) is 4.29. The van der Waals surface area contributed by atoms with Gasteiger partial charge in [0.25, 0.3) is 0 Å². The third-order valence-electron chi connectivity index (χ3n) is 6.81. The van der Waals surface area contributed by atoms with Gasteiger partial charge in [-0.1, -0.05) is 35.4 Å². The lowest BCUT2D eigenvalue weighted by molar-refractivity contribution is -0.148. The van der Waals surface area contributed by atoms with Crippen molar-refractivity contribution in [2.24, 2.45) is 11.8 Å². The normalized spacial score (nSPS) is 33.6. The molecule has 3 rings (SSSR count). The van der Waals surface area contributed by atoms with Crippen LogP contribution in [0.25, 0.3) is 0 Å². The van der Waals surface area contributed by atoms with Gasteiger partial charge in [0.1, 0.15) is 6.04 Å². The van der Waals surface area contributed by atoms with Crippen LogP contribution in [-0.4, -0.2) is 84.9 Å². The lowest BCUT2D eigenvalue weighted by Crippen LogP contribution is -2.55. The molecule has 3 aliphatic heterocycles. The molecule has 0 aromatic heterocycles. The third-order valence-corrected chi connectivity index (χ3v) is 10.0. The van der Waals surface area contributed by atoms with E-state index in [0.29, 0.717) is 38.9 Å². The van der Waals surface area contributed by atoms with Gasteiger partial charge in [-0.05, 0) is 32.1 Å². The highest BCUT2D eigenvalue weighted by molar-refractivity contribution is 9.09. The monoisotopic (exact) mass is 516 g/mol. The first-order valence-corrected chi connectivity index (χ1v) is 13.0. The average molecular weight is 517 g/mol. The van der Waals surface area contributed by atoms with Crippen molar-refractivity contribution < 1.29 is 24.6 Å². The maximum Gasteiger partial charge on any atom is 0.308 e. The Bertz CT molecular complexity index is 722. The van der Waals surface area contributed by atoms with Crippen LogP contribution in [0.15, 0.2) is 12.7 Å². The quantitative estimate of drug-likeness (QED) is 0.235. The second-order valence-corrected chi connectivity index (χ2v) is 11.5. The summed E-state index contributed by atoms with van der Waals surface area (Å²) in [5.74, 6) is -2.69. The minimum Gasteiger partial charge on any atom is -0.481 e. The number of thioether (sulfide) groups is 1.